The number of methoxy groups -OCH3 is 1. The SMILES string of the molecule is COC(=O)c1ccc(N)c(Nc2c(Cl)cc(F)cc2Cl)n1. The van der Waals surface area contributed by atoms with E-state index in [1.54, 1.807) is 0 Å². The van der Waals surface area contributed by atoms with Gasteiger partial charge in [-0.05, 0) is 24.3 Å². The molecule has 110 valence electrons. The molecule has 0 atom stereocenters. The average molecular weight is 330 g/mol. The summed E-state index contributed by atoms with van der Waals surface area (Å²) in [5.41, 5.74) is 6.33. The number of ether oxygens (including phenoxy) is 1. The third kappa shape index (κ3) is 3.34. The number of nitrogens with zero attached hydrogens (tertiary/aromatic N) is 1. The Morgan fingerprint density at radius 2 is 1.95 bits per heavy atom. The van der Waals surface area contributed by atoms with Gasteiger partial charge in [-0.1, -0.05) is 23.2 Å². The number of halogens is 3. The number of anilines is 3. The van der Waals surface area contributed by atoms with Gasteiger partial charge in [-0.25, -0.2) is 14.2 Å². The number of hydrogen-bond acceptors (Lipinski definition) is 5. The Morgan fingerprint density at radius 3 is 2.52 bits per heavy atom. The molecule has 0 bridgehead atoms. The lowest BCUT2D eigenvalue weighted by Crippen LogP contribution is -2.08. The zero-order valence-corrected chi connectivity index (χ0v) is 12.3. The summed E-state index contributed by atoms with van der Waals surface area (Å²) in [6, 6.07) is 5.08. The van der Waals surface area contributed by atoms with E-state index in [0.29, 0.717) is 0 Å². The van der Waals surface area contributed by atoms with Gasteiger partial charge < -0.3 is 15.8 Å². The minimum atomic E-state index is -0.616. The van der Waals surface area contributed by atoms with E-state index >= 15 is 0 Å². The molecule has 0 saturated heterocycles. The van der Waals surface area contributed by atoms with Gasteiger partial charge in [-0.3, -0.25) is 0 Å². The van der Waals surface area contributed by atoms with E-state index in [0.717, 1.165) is 12.1 Å². The van der Waals surface area contributed by atoms with Gasteiger partial charge >= 0.3 is 5.97 Å². The molecular formula is C13H10Cl2FN3O2. The Hall–Kier alpha value is -2.05. The maximum Gasteiger partial charge on any atom is 0.356 e. The molecule has 0 saturated carbocycles. The van der Waals surface area contributed by atoms with Gasteiger partial charge in [0.05, 0.1) is 28.5 Å². The largest absolute Gasteiger partial charge is 0.464 e. The van der Waals surface area contributed by atoms with Crippen LogP contribution in [0.3, 0.4) is 0 Å². The summed E-state index contributed by atoms with van der Waals surface area (Å²) >= 11 is 11.8. The fourth-order valence-corrected chi connectivity index (χ4v) is 2.12. The number of nitrogens with two attached hydrogens (primary N) is 1. The Labute approximate surface area is 129 Å². The first-order chi connectivity index (χ1) is 9.92. The van der Waals surface area contributed by atoms with Crippen molar-refractivity contribution in [2.45, 2.75) is 0 Å². The number of nitrogen functional groups attached to an aromatic ring is 1. The molecule has 1 aromatic heterocycles. The molecule has 2 rings (SSSR count). The van der Waals surface area contributed by atoms with Gasteiger partial charge in [0, 0.05) is 0 Å². The number of hydrogen-bond donors (Lipinski definition) is 2. The lowest BCUT2D eigenvalue weighted by molar-refractivity contribution is 0.0594. The highest BCUT2D eigenvalue weighted by molar-refractivity contribution is 6.39. The molecule has 1 aromatic carbocycles. The van der Waals surface area contributed by atoms with Crippen molar-refractivity contribution in [3.8, 4) is 0 Å². The Kier molecular flexibility index (Phi) is 4.50. The molecule has 5 nitrogen and oxygen atoms in total. The summed E-state index contributed by atoms with van der Waals surface area (Å²) in [6.07, 6.45) is 0. The van der Waals surface area contributed by atoms with Gasteiger partial charge in [0.1, 0.15) is 5.82 Å². The quantitative estimate of drug-likeness (QED) is 0.840. The molecule has 8 heteroatoms. The minimum Gasteiger partial charge on any atom is -0.464 e. The van der Waals surface area contributed by atoms with Gasteiger partial charge in [0.25, 0.3) is 0 Å². The van der Waals surface area contributed by atoms with Crippen LogP contribution in [0.2, 0.25) is 10.0 Å². The molecular weight excluding hydrogens is 320 g/mol. The van der Waals surface area contributed by atoms with Crippen molar-refractivity contribution in [3.63, 3.8) is 0 Å². The molecule has 0 aliphatic heterocycles. The lowest BCUT2D eigenvalue weighted by Gasteiger charge is -2.12. The lowest BCUT2D eigenvalue weighted by atomic mass is 10.2. The maximum absolute atomic E-state index is 13.1. The second-order valence-electron chi connectivity index (χ2n) is 4.00. The highest BCUT2D eigenvalue weighted by atomic mass is 35.5. The zero-order valence-electron chi connectivity index (χ0n) is 10.8. The van der Waals surface area contributed by atoms with Crippen LogP contribution in [0.1, 0.15) is 10.5 Å². The second kappa shape index (κ2) is 6.15. The molecule has 21 heavy (non-hydrogen) atoms. The van der Waals surface area contributed by atoms with Crippen molar-refractivity contribution in [2.75, 3.05) is 18.2 Å². The minimum absolute atomic E-state index is 0.0588. The van der Waals surface area contributed by atoms with Gasteiger partial charge in [-0.2, -0.15) is 0 Å². The highest BCUT2D eigenvalue weighted by Gasteiger charge is 2.14. The Morgan fingerprint density at radius 1 is 1.33 bits per heavy atom. The van der Waals surface area contributed by atoms with Crippen LogP contribution < -0.4 is 11.1 Å². The monoisotopic (exact) mass is 329 g/mol. The number of carbonyl (C=O) groups excluding carboxylic acids is 1. The molecule has 0 radical (unpaired) electrons. The van der Waals surface area contributed by atoms with Crippen LogP contribution >= 0.6 is 23.2 Å². The van der Waals surface area contributed by atoms with Crippen molar-refractivity contribution in [3.05, 3.63) is 45.8 Å². The van der Waals surface area contributed by atoms with Crippen molar-refractivity contribution >= 4 is 46.4 Å². The van der Waals surface area contributed by atoms with Gasteiger partial charge in [-0.15, -0.1) is 0 Å². The smallest absolute Gasteiger partial charge is 0.356 e. The summed E-state index contributed by atoms with van der Waals surface area (Å²) < 4.78 is 17.7. The Balaban J connectivity index is 2.42. The fraction of sp³-hybridized carbons (Fsp3) is 0.0769. The van der Waals surface area contributed by atoms with E-state index in [1.165, 1.54) is 19.2 Å². The number of nitrogens with one attached hydrogen (secondary N) is 1. The highest BCUT2D eigenvalue weighted by Crippen LogP contribution is 2.34. The van der Waals surface area contributed by atoms with E-state index in [4.69, 9.17) is 28.9 Å². The van der Waals surface area contributed by atoms with E-state index in [1.807, 2.05) is 0 Å². The van der Waals surface area contributed by atoms with E-state index in [2.05, 4.69) is 15.0 Å². The summed E-state index contributed by atoms with van der Waals surface area (Å²) in [5, 5.41) is 2.90. The third-order valence-corrected chi connectivity index (χ3v) is 3.17. The van der Waals surface area contributed by atoms with Crippen molar-refractivity contribution < 1.29 is 13.9 Å². The fourth-order valence-electron chi connectivity index (χ4n) is 1.57. The molecule has 0 spiro atoms. The first-order valence-corrected chi connectivity index (χ1v) is 6.44. The van der Waals surface area contributed by atoms with Gasteiger partial charge in [0.15, 0.2) is 11.5 Å². The standard InChI is InChI=1S/C13H10Cl2FN3O2/c1-21-13(20)10-3-2-9(17)12(18-10)19-11-7(14)4-6(16)5-8(11)15/h2-5H,17H2,1H3,(H,18,19). The van der Waals surface area contributed by atoms with Crippen LogP contribution in [0.5, 0.6) is 0 Å². The number of rotatable bonds is 3. The number of esters is 1. The number of aromatic nitrogens is 1. The van der Waals surface area contributed by atoms with E-state index < -0.39 is 11.8 Å². The van der Waals surface area contributed by atoms with Crippen molar-refractivity contribution in [1.82, 2.24) is 4.98 Å². The van der Waals surface area contributed by atoms with Gasteiger partial charge in [0.2, 0.25) is 0 Å². The van der Waals surface area contributed by atoms with Crippen molar-refractivity contribution in [1.29, 1.82) is 0 Å². The predicted molar refractivity (Wildman–Crippen MR) is 79.7 cm³/mol. The molecule has 3 N–H and O–H groups in total. The zero-order chi connectivity index (χ0) is 15.6. The molecule has 0 aliphatic carbocycles. The molecule has 0 amide bonds. The number of carbonyl (C=O) groups is 1. The van der Waals surface area contributed by atoms with Crippen LogP contribution in [-0.2, 0) is 4.74 Å². The summed E-state index contributed by atoms with van der Waals surface area (Å²) in [7, 11) is 1.24. The first kappa shape index (κ1) is 15.3. The van der Waals surface area contributed by atoms with Crippen molar-refractivity contribution in [2.24, 2.45) is 0 Å². The van der Waals surface area contributed by atoms with E-state index in [-0.39, 0.29) is 32.9 Å². The topological polar surface area (TPSA) is 77.2 Å². The maximum atomic E-state index is 13.1. The van der Waals surface area contributed by atoms with Crippen LogP contribution in [0.4, 0.5) is 21.6 Å². The molecule has 2 aromatic rings. The molecule has 0 aliphatic rings. The van der Waals surface area contributed by atoms with Crippen LogP contribution in [-0.4, -0.2) is 18.1 Å². The second-order valence-corrected chi connectivity index (χ2v) is 4.81. The number of benzene rings is 1. The normalized spacial score (nSPS) is 10.3. The van der Waals surface area contributed by atoms with Crippen LogP contribution in [0.15, 0.2) is 24.3 Å². The average Bonchev–Trinajstić information content (AvgIpc) is 2.43. The third-order valence-electron chi connectivity index (χ3n) is 2.57. The molecule has 1 heterocycles. The molecule has 0 unspecified atom stereocenters. The van der Waals surface area contributed by atoms with E-state index in [9.17, 15) is 9.18 Å². The first-order valence-electron chi connectivity index (χ1n) is 5.68. The summed E-state index contributed by atoms with van der Waals surface area (Å²) in [4.78, 5) is 15.5. The summed E-state index contributed by atoms with van der Waals surface area (Å²) in [5.74, 6) is -1.03. The summed E-state index contributed by atoms with van der Waals surface area (Å²) in [6.45, 7) is 0. The van der Waals surface area contributed by atoms with Crippen LogP contribution in [0, 0.1) is 5.82 Å². The Bertz CT molecular complexity index is 687. The van der Waals surface area contributed by atoms with Crippen LogP contribution in [0.25, 0.3) is 0 Å². The number of pyridine rings is 1. The predicted octanol–water partition coefficient (Wildman–Crippen LogP) is 3.64. The molecule has 0 fully saturated rings.